The molecule has 4 N–H and O–H groups in total. The fourth-order valence-electron chi connectivity index (χ4n) is 9.04. The van der Waals surface area contributed by atoms with Gasteiger partial charge in [-0.2, -0.15) is 0 Å². The largest absolute Gasteiger partial charge is 0.453 e. The molecule has 3 heterocycles. The Labute approximate surface area is 386 Å². The van der Waals surface area contributed by atoms with Gasteiger partial charge in [-0.1, -0.05) is 71.0 Å². The molecule has 15 nitrogen and oxygen atoms in total. The molecule has 0 aromatic heterocycles. The third-order valence-electron chi connectivity index (χ3n) is 12.9. The second-order valence-electron chi connectivity index (χ2n) is 18.8. The molecule has 3 aromatic carbocycles. The first-order valence-corrected chi connectivity index (χ1v) is 23.4. The van der Waals surface area contributed by atoms with Gasteiger partial charge in [-0.05, 0) is 103 Å². The molecule has 0 saturated carbocycles. The van der Waals surface area contributed by atoms with Crippen LogP contribution < -0.4 is 26.2 Å². The minimum Gasteiger partial charge on any atom is -0.453 e. The van der Waals surface area contributed by atoms with Gasteiger partial charge < -0.3 is 49.9 Å². The number of anilines is 3. The van der Waals surface area contributed by atoms with Gasteiger partial charge in [-0.15, -0.1) is 0 Å². The van der Waals surface area contributed by atoms with Crippen molar-refractivity contribution in [2.75, 3.05) is 89.4 Å². The van der Waals surface area contributed by atoms with Crippen molar-refractivity contribution >= 4 is 35.2 Å². The van der Waals surface area contributed by atoms with Gasteiger partial charge in [0.25, 0.3) is 0 Å². The van der Waals surface area contributed by atoms with Gasteiger partial charge in [0.2, 0.25) is 5.91 Å². The van der Waals surface area contributed by atoms with Crippen molar-refractivity contribution in [1.29, 1.82) is 0 Å². The number of rotatable bonds is 21. The monoisotopic (exact) mass is 900 g/mol. The first-order valence-electron chi connectivity index (χ1n) is 23.4. The Morgan fingerprint density at radius 1 is 0.723 bits per heavy atom. The standard InChI is InChI=1S/C50H73N7O8/c1-35(2)43(54-49(60)62-7)31-65-33-55-27-8-10-42(55)30-64-32-52-39-18-12-36(13-19-39)44-24-25-45(57(44)41-22-16-38(17-23-41)50(3,4)5)37-14-20-40(21-15-37)53-47(58)46-11-9-28-56(46)34-63-29-26-51-48(59)61-6/h12-23,35,42-46,52H,8-11,24-34H2,1-7H3,(H,51,59)(H,53,58)(H,54,60)/t42-,43+,44-,45-,46-/m0/s1. The Morgan fingerprint density at radius 2 is 1.34 bits per heavy atom. The van der Waals surface area contributed by atoms with E-state index >= 15 is 0 Å². The van der Waals surface area contributed by atoms with Crippen molar-refractivity contribution in [3.8, 4) is 0 Å². The van der Waals surface area contributed by atoms with Crippen LogP contribution in [0.1, 0.15) is 102 Å². The number of alkyl carbamates (subject to hydrolysis) is 2. The Morgan fingerprint density at radius 3 is 1.97 bits per heavy atom. The molecule has 3 saturated heterocycles. The summed E-state index contributed by atoms with van der Waals surface area (Å²) in [5, 5.41) is 12.1. The van der Waals surface area contributed by atoms with Crippen LogP contribution in [0, 0.1) is 5.92 Å². The summed E-state index contributed by atoms with van der Waals surface area (Å²) in [6.07, 6.45) is 4.89. The molecule has 6 rings (SSSR count). The van der Waals surface area contributed by atoms with Gasteiger partial charge in [0.05, 0.1) is 71.7 Å². The first kappa shape index (κ1) is 49.5. The van der Waals surface area contributed by atoms with Gasteiger partial charge in [-0.25, -0.2) is 9.59 Å². The Bertz CT molecular complexity index is 1940. The SMILES string of the molecule is COC(=O)NCCOCN1CCC[C@H]1C(=O)Nc1ccc([C@@H]2CC[C@@H](c3ccc(NCOC[C@@H]4CCCN4COC[C@@H](NC(=O)OC)C(C)C)cc3)N2c2ccc(C(C)(C)C)cc2)cc1. The van der Waals surface area contributed by atoms with Crippen molar-refractivity contribution in [2.45, 2.75) is 109 Å². The lowest BCUT2D eigenvalue weighted by Gasteiger charge is -2.34. The second kappa shape index (κ2) is 24.0. The van der Waals surface area contributed by atoms with E-state index in [9.17, 15) is 14.4 Å². The molecule has 3 aliphatic heterocycles. The normalized spacial score (nSPS) is 20.8. The van der Waals surface area contributed by atoms with E-state index in [0.717, 1.165) is 63.0 Å². The van der Waals surface area contributed by atoms with E-state index in [1.165, 1.54) is 36.6 Å². The Balaban J connectivity index is 1.03. The maximum Gasteiger partial charge on any atom is 0.407 e. The molecular weight excluding hydrogens is 827 g/mol. The molecule has 5 atom stereocenters. The summed E-state index contributed by atoms with van der Waals surface area (Å²) in [7, 11) is 2.70. The maximum atomic E-state index is 13.5. The molecule has 0 aliphatic carbocycles. The first-order chi connectivity index (χ1) is 31.3. The van der Waals surface area contributed by atoms with Crippen molar-refractivity contribution in [2.24, 2.45) is 5.92 Å². The number of hydrogen-bond donors (Lipinski definition) is 4. The number of ether oxygens (including phenoxy) is 5. The summed E-state index contributed by atoms with van der Waals surface area (Å²) in [5.41, 5.74) is 6.78. The number of benzene rings is 3. The molecule has 0 bridgehead atoms. The average molecular weight is 900 g/mol. The quantitative estimate of drug-likeness (QED) is 0.0605. The average Bonchev–Trinajstić information content (AvgIpc) is 4.08. The predicted octanol–water partition coefficient (Wildman–Crippen LogP) is 8.01. The summed E-state index contributed by atoms with van der Waals surface area (Å²) >= 11 is 0. The highest BCUT2D eigenvalue weighted by molar-refractivity contribution is 5.95. The van der Waals surface area contributed by atoms with E-state index in [-0.39, 0.29) is 47.4 Å². The van der Waals surface area contributed by atoms with Crippen LogP contribution in [-0.2, 0) is 33.9 Å². The van der Waals surface area contributed by atoms with Gasteiger partial charge in [0.15, 0.2) is 0 Å². The van der Waals surface area contributed by atoms with Crippen LogP contribution in [-0.4, -0.2) is 120 Å². The maximum absolute atomic E-state index is 13.5. The lowest BCUT2D eigenvalue weighted by Crippen LogP contribution is -2.43. The van der Waals surface area contributed by atoms with Crippen molar-refractivity contribution in [3.05, 3.63) is 89.5 Å². The number of hydrogen-bond acceptors (Lipinski definition) is 12. The van der Waals surface area contributed by atoms with E-state index in [2.05, 4.69) is 131 Å². The number of nitrogens with zero attached hydrogens (tertiary/aromatic N) is 3. The Kier molecular flexibility index (Phi) is 18.3. The zero-order chi connectivity index (χ0) is 46.3. The topological polar surface area (TPSA) is 155 Å². The van der Waals surface area contributed by atoms with Gasteiger partial charge in [0.1, 0.15) is 6.73 Å². The molecule has 15 heteroatoms. The lowest BCUT2D eigenvalue weighted by molar-refractivity contribution is -0.122. The molecule has 65 heavy (non-hydrogen) atoms. The van der Waals surface area contributed by atoms with Crippen molar-refractivity contribution in [3.63, 3.8) is 0 Å². The fraction of sp³-hybridized carbons (Fsp3) is 0.580. The van der Waals surface area contributed by atoms with Gasteiger partial charge in [-0.3, -0.25) is 14.6 Å². The summed E-state index contributed by atoms with van der Waals surface area (Å²) < 4.78 is 27.3. The molecule has 0 unspecified atom stereocenters. The lowest BCUT2D eigenvalue weighted by atomic mass is 9.87. The number of carbonyl (C=O) groups excluding carboxylic acids is 3. The van der Waals surface area contributed by atoms with E-state index in [4.69, 9.17) is 18.9 Å². The predicted molar refractivity (Wildman–Crippen MR) is 254 cm³/mol. The molecule has 0 spiro atoms. The molecule has 0 radical (unpaired) electrons. The molecule has 3 aromatic rings. The van der Waals surface area contributed by atoms with Crippen LogP contribution in [0.25, 0.3) is 0 Å². The van der Waals surface area contributed by atoms with Gasteiger partial charge in [0, 0.05) is 42.7 Å². The number of methoxy groups -OCH3 is 2. The minimum absolute atomic E-state index is 0.0390. The third kappa shape index (κ3) is 14.0. The third-order valence-corrected chi connectivity index (χ3v) is 12.9. The van der Waals surface area contributed by atoms with Crippen LogP contribution in [0.4, 0.5) is 26.7 Å². The zero-order valence-electron chi connectivity index (χ0n) is 39.6. The summed E-state index contributed by atoms with van der Waals surface area (Å²) in [6.45, 7) is 15.5. The number of amides is 3. The highest BCUT2D eigenvalue weighted by Crippen LogP contribution is 2.47. The summed E-state index contributed by atoms with van der Waals surface area (Å²) in [5.74, 6) is 0.182. The van der Waals surface area contributed by atoms with E-state index in [0.29, 0.717) is 46.6 Å². The number of carbonyl (C=O) groups is 3. The highest BCUT2D eigenvalue weighted by atomic mass is 16.5. The van der Waals surface area contributed by atoms with Crippen LogP contribution in [0.15, 0.2) is 72.8 Å². The summed E-state index contributed by atoms with van der Waals surface area (Å²) in [6, 6.07) is 26.4. The fourth-order valence-corrected chi connectivity index (χ4v) is 9.04. The van der Waals surface area contributed by atoms with E-state index in [1.807, 2.05) is 17.0 Å². The van der Waals surface area contributed by atoms with E-state index in [1.54, 1.807) is 0 Å². The Hall–Kier alpha value is -4.93. The number of nitrogens with one attached hydrogen (secondary N) is 4. The minimum atomic E-state index is -0.494. The molecule has 356 valence electrons. The molecule has 3 amide bonds. The molecule has 3 aliphatic rings. The molecular formula is C50H73N7O8. The number of likely N-dealkylation sites (tertiary alicyclic amines) is 2. The highest BCUT2D eigenvalue weighted by Gasteiger charge is 2.36. The van der Waals surface area contributed by atoms with Crippen molar-refractivity contribution < 1.29 is 38.1 Å². The van der Waals surface area contributed by atoms with Crippen molar-refractivity contribution in [1.82, 2.24) is 20.4 Å². The smallest absolute Gasteiger partial charge is 0.407 e. The second-order valence-corrected chi connectivity index (χ2v) is 18.8. The molecule has 3 fully saturated rings. The van der Waals surface area contributed by atoms with Crippen LogP contribution >= 0.6 is 0 Å². The summed E-state index contributed by atoms with van der Waals surface area (Å²) in [4.78, 5) is 43.4. The van der Waals surface area contributed by atoms with Crippen LogP contribution in [0.3, 0.4) is 0 Å². The zero-order valence-corrected chi connectivity index (χ0v) is 39.6. The van der Waals surface area contributed by atoms with Gasteiger partial charge >= 0.3 is 12.2 Å². The van der Waals surface area contributed by atoms with Crippen LogP contribution in [0.2, 0.25) is 0 Å². The van der Waals surface area contributed by atoms with Crippen LogP contribution in [0.5, 0.6) is 0 Å². The van der Waals surface area contributed by atoms with E-state index < -0.39 is 12.2 Å².